The number of rotatable bonds is 6. The highest BCUT2D eigenvalue weighted by molar-refractivity contribution is 7.96. The molecule has 1 aliphatic heterocycles. The molecule has 3 aromatic rings. The van der Waals surface area contributed by atoms with E-state index in [1.807, 2.05) is 6.26 Å². The molecule has 1 N–H and O–H groups in total. The van der Waals surface area contributed by atoms with Crippen LogP contribution in [0, 0.1) is 0 Å². The monoisotopic (exact) mass is 496 g/mol. The summed E-state index contributed by atoms with van der Waals surface area (Å²) < 4.78 is 44.8. The van der Waals surface area contributed by atoms with E-state index in [-0.39, 0.29) is 28.4 Å². The molecule has 33 heavy (non-hydrogen) atoms. The lowest BCUT2D eigenvalue weighted by atomic mass is 10.1. The molecule has 1 fully saturated rings. The highest BCUT2D eigenvalue weighted by Gasteiger charge is 2.36. The molecular formula is C21H20ClF3N6OS. The van der Waals surface area contributed by atoms with Crippen LogP contribution in [-0.2, 0) is 6.18 Å². The normalized spacial score (nSPS) is 15.5. The minimum absolute atomic E-state index is 0.0282. The number of benzene rings is 1. The van der Waals surface area contributed by atoms with Crippen molar-refractivity contribution in [2.75, 3.05) is 24.7 Å². The van der Waals surface area contributed by atoms with Crippen LogP contribution in [0.15, 0.2) is 36.9 Å². The zero-order valence-electron chi connectivity index (χ0n) is 17.5. The number of alkyl halides is 3. The molecule has 4 rings (SSSR count). The zero-order chi connectivity index (χ0) is 23.6. The Morgan fingerprint density at radius 1 is 1.24 bits per heavy atom. The number of nitrogens with one attached hydrogen (secondary N) is 1. The van der Waals surface area contributed by atoms with E-state index in [4.69, 9.17) is 11.6 Å². The van der Waals surface area contributed by atoms with Crippen molar-refractivity contribution in [3.8, 4) is 17.1 Å². The summed E-state index contributed by atoms with van der Waals surface area (Å²) in [6.45, 7) is 1.75. The smallest absolute Gasteiger partial charge is 0.351 e. The molecule has 174 valence electrons. The molecule has 3 heterocycles. The Balaban J connectivity index is 1.65. The summed E-state index contributed by atoms with van der Waals surface area (Å²) in [5, 5.41) is 3.43. The molecule has 0 aliphatic carbocycles. The largest absolute Gasteiger partial charge is 0.420 e. The quantitative estimate of drug-likeness (QED) is 0.381. The van der Waals surface area contributed by atoms with Crippen LogP contribution < -0.4 is 5.32 Å². The third-order valence-electron chi connectivity index (χ3n) is 5.35. The summed E-state index contributed by atoms with van der Waals surface area (Å²) >= 11 is 7.90. The lowest BCUT2D eigenvalue weighted by molar-refractivity contribution is -0.137. The molecule has 0 atom stereocenters. The zero-order valence-corrected chi connectivity index (χ0v) is 19.1. The number of carbonyl (C=O) groups is 1. The van der Waals surface area contributed by atoms with Crippen LogP contribution in [0.5, 0.6) is 0 Å². The van der Waals surface area contributed by atoms with Gasteiger partial charge in [0.15, 0.2) is 0 Å². The van der Waals surface area contributed by atoms with Crippen LogP contribution in [0.4, 0.5) is 19.1 Å². The van der Waals surface area contributed by atoms with Crippen LogP contribution in [0.3, 0.4) is 0 Å². The fourth-order valence-electron chi connectivity index (χ4n) is 3.60. The molecule has 2 aromatic heterocycles. The van der Waals surface area contributed by atoms with Crippen LogP contribution in [0.2, 0.25) is 5.02 Å². The van der Waals surface area contributed by atoms with Gasteiger partial charge in [-0.2, -0.15) is 13.2 Å². The van der Waals surface area contributed by atoms with E-state index < -0.39 is 11.7 Å². The highest BCUT2D eigenvalue weighted by atomic mass is 35.5. The number of anilines is 1. The molecule has 1 aromatic carbocycles. The number of aromatic nitrogens is 4. The van der Waals surface area contributed by atoms with Crippen molar-refractivity contribution >= 4 is 35.8 Å². The standard InChI is InChI=1S/C21H20ClF3N6OS/c1-33-31-6-4-14(5-7-31)28-20-26-9-15(21(23,24)25)19(29-20)17-10-30(12-27-17)18-3-2-13(11-32)8-16(18)22/h2-3,8-12,14H,4-7H2,1H3,(H,26,28,29). The maximum atomic E-state index is 13.7. The van der Waals surface area contributed by atoms with Gasteiger partial charge >= 0.3 is 6.18 Å². The van der Waals surface area contributed by atoms with Gasteiger partial charge in [-0.25, -0.2) is 15.0 Å². The summed E-state index contributed by atoms with van der Waals surface area (Å²) in [7, 11) is 0. The van der Waals surface area contributed by atoms with E-state index in [1.165, 1.54) is 23.2 Å². The first kappa shape index (κ1) is 23.5. The van der Waals surface area contributed by atoms with E-state index >= 15 is 0 Å². The first-order chi connectivity index (χ1) is 15.8. The van der Waals surface area contributed by atoms with Gasteiger partial charge in [0.05, 0.1) is 10.7 Å². The lowest BCUT2D eigenvalue weighted by Crippen LogP contribution is -2.35. The van der Waals surface area contributed by atoms with Crippen LogP contribution in [0.1, 0.15) is 28.8 Å². The molecule has 0 unspecified atom stereocenters. The predicted molar refractivity (Wildman–Crippen MR) is 122 cm³/mol. The maximum Gasteiger partial charge on any atom is 0.420 e. The number of nitrogens with zero attached hydrogens (tertiary/aromatic N) is 5. The van der Waals surface area contributed by atoms with Crippen molar-refractivity contribution in [1.82, 2.24) is 23.8 Å². The van der Waals surface area contributed by atoms with Gasteiger partial charge < -0.3 is 9.88 Å². The van der Waals surface area contributed by atoms with Gasteiger partial charge in [-0.15, -0.1) is 0 Å². The molecule has 0 amide bonds. The van der Waals surface area contributed by atoms with Crippen LogP contribution in [-0.4, -0.2) is 55.5 Å². The molecule has 12 heteroatoms. The number of imidazole rings is 1. The Labute approximate surface area is 197 Å². The SMILES string of the molecule is CSN1CCC(Nc2ncc(C(F)(F)F)c(-c3cn(-c4ccc(C=O)cc4Cl)cn3)n2)CC1. The molecule has 0 spiro atoms. The van der Waals surface area contributed by atoms with Crippen LogP contribution >= 0.6 is 23.5 Å². The number of halogens is 4. The molecular weight excluding hydrogens is 477 g/mol. The average molecular weight is 497 g/mol. The second-order valence-corrected chi connectivity index (χ2v) is 8.77. The minimum Gasteiger partial charge on any atom is -0.351 e. The second-order valence-electron chi connectivity index (χ2n) is 7.48. The summed E-state index contributed by atoms with van der Waals surface area (Å²) in [5.74, 6) is 0.128. The third-order valence-corrected chi connectivity index (χ3v) is 6.53. The number of carbonyl (C=O) groups excluding carboxylic acids is 1. The second kappa shape index (κ2) is 9.70. The lowest BCUT2D eigenvalue weighted by Gasteiger charge is -2.30. The van der Waals surface area contributed by atoms with Gasteiger partial charge in [-0.3, -0.25) is 9.10 Å². The highest BCUT2D eigenvalue weighted by Crippen LogP contribution is 2.36. The topological polar surface area (TPSA) is 75.9 Å². The number of hydrogen-bond acceptors (Lipinski definition) is 7. The van der Waals surface area contributed by atoms with Crippen molar-refractivity contribution < 1.29 is 18.0 Å². The summed E-state index contributed by atoms with van der Waals surface area (Å²) in [6.07, 6.45) is 3.25. The van der Waals surface area contributed by atoms with Crippen molar-refractivity contribution in [3.63, 3.8) is 0 Å². The predicted octanol–water partition coefficient (Wildman–Crippen LogP) is 4.97. The van der Waals surface area contributed by atoms with E-state index in [2.05, 4.69) is 24.6 Å². The van der Waals surface area contributed by atoms with Crippen molar-refractivity contribution in [2.45, 2.75) is 25.1 Å². The Bertz CT molecular complexity index is 1150. The van der Waals surface area contributed by atoms with Gasteiger partial charge in [-0.05, 0) is 37.3 Å². The van der Waals surface area contributed by atoms with E-state index in [0.29, 0.717) is 17.5 Å². The van der Waals surface area contributed by atoms with Crippen molar-refractivity contribution in [2.24, 2.45) is 0 Å². The average Bonchev–Trinajstić information content (AvgIpc) is 3.28. The van der Waals surface area contributed by atoms with E-state index in [0.717, 1.165) is 32.1 Å². The van der Waals surface area contributed by atoms with Crippen LogP contribution in [0.25, 0.3) is 17.1 Å². The fourth-order valence-corrected chi connectivity index (χ4v) is 4.46. The molecule has 1 saturated heterocycles. The third kappa shape index (κ3) is 5.31. The van der Waals surface area contributed by atoms with E-state index in [1.54, 1.807) is 24.1 Å². The number of piperidine rings is 1. The molecule has 0 saturated carbocycles. The maximum absolute atomic E-state index is 13.7. The molecule has 1 aliphatic rings. The Morgan fingerprint density at radius 2 is 2.00 bits per heavy atom. The van der Waals surface area contributed by atoms with Gasteiger partial charge in [0.2, 0.25) is 5.95 Å². The van der Waals surface area contributed by atoms with E-state index in [9.17, 15) is 18.0 Å². The van der Waals surface area contributed by atoms with Crippen molar-refractivity contribution in [3.05, 3.63) is 53.1 Å². The van der Waals surface area contributed by atoms with Gasteiger partial charge in [0.1, 0.15) is 29.6 Å². The summed E-state index contributed by atoms with van der Waals surface area (Å²) in [5.41, 5.74) is -0.403. The first-order valence-electron chi connectivity index (χ1n) is 10.1. The van der Waals surface area contributed by atoms with Gasteiger partial charge in [0.25, 0.3) is 0 Å². The van der Waals surface area contributed by atoms with Gasteiger partial charge in [0, 0.05) is 37.1 Å². The molecule has 0 radical (unpaired) electrons. The summed E-state index contributed by atoms with van der Waals surface area (Å²) in [6, 6.07) is 4.70. The Morgan fingerprint density at radius 3 is 2.64 bits per heavy atom. The molecule has 0 bridgehead atoms. The first-order valence-corrected chi connectivity index (χ1v) is 11.6. The van der Waals surface area contributed by atoms with Crippen molar-refractivity contribution in [1.29, 1.82) is 0 Å². The fraction of sp³-hybridized carbons (Fsp3) is 0.333. The minimum atomic E-state index is -4.65. The number of aldehydes is 1. The Hall–Kier alpha value is -2.63. The number of hydrogen-bond donors (Lipinski definition) is 1. The summed E-state index contributed by atoms with van der Waals surface area (Å²) in [4.78, 5) is 23.2. The molecule has 7 nitrogen and oxygen atoms in total. The Kier molecular flexibility index (Phi) is 6.91. The van der Waals surface area contributed by atoms with Gasteiger partial charge in [-0.1, -0.05) is 23.5 Å².